The van der Waals surface area contributed by atoms with E-state index in [9.17, 15) is 10.0 Å². The van der Waals surface area contributed by atoms with E-state index in [1.807, 2.05) is 41.3 Å². The molecule has 0 unspecified atom stereocenters. The summed E-state index contributed by atoms with van der Waals surface area (Å²) in [5, 5.41) is 18.7. The maximum absolute atomic E-state index is 9.35. The van der Waals surface area contributed by atoms with E-state index in [-0.39, 0.29) is 0 Å². The van der Waals surface area contributed by atoms with E-state index in [1.165, 1.54) is 0 Å². The molecular formula is C24H22BNO2. The fourth-order valence-electron chi connectivity index (χ4n) is 3.03. The molecule has 4 heteroatoms. The van der Waals surface area contributed by atoms with Crippen LogP contribution in [0.1, 0.15) is 0 Å². The lowest BCUT2D eigenvalue weighted by atomic mass is 9.80. The molecule has 28 heavy (non-hydrogen) atoms. The second-order valence-electron chi connectivity index (χ2n) is 6.24. The summed E-state index contributed by atoms with van der Waals surface area (Å²) < 4.78 is 0. The molecule has 0 saturated heterocycles. The molecule has 0 heterocycles. The van der Waals surface area contributed by atoms with Crippen LogP contribution in [-0.4, -0.2) is 17.2 Å². The third kappa shape index (κ3) is 4.31. The summed E-state index contributed by atoms with van der Waals surface area (Å²) in [5.74, 6) is 0. The van der Waals surface area contributed by atoms with Crippen LogP contribution in [0, 0.1) is 0 Å². The van der Waals surface area contributed by atoms with Gasteiger partial charge in [-0.05, 0) is 53.0 Å². The summed E-state index contributed by atoms with van der Waals surface area (Å²) >= 11 is 0. The highest BCUT2D eigenvalue weighted by molar-refractivity contribution is 6.58. The molecule has 0 fully saturated rings. The zero-order valence-electron chi connectivity index (χ0n) is 15.6. The topological polar surface area (TPSA) is 43.7 Å². The molecule has 138 valence electrons. The average Bonchev–Trinajstić information content (AvgIpc) is 2.75. The van der Waals surface area contributed by atoms with Crippen LogP contribution in [0.2, 0.25) is 0 Å². The van der Waals surface area contributed by atoms with Gasteiger partial charge in [0.15, 0.2) is 0 Å². The van der Waals surface area contributed by atoms with Gasteiger partial charge >= 0.3 is 7.12 Å². The zero-order chi connectivity index (χ0) is 19.9. The van der Waals surface area contributed by atoms with Crippen molar-refractivity contribution < 1.29 is 10.0 Å². The van der Waals surface area contributed by atoms with Crippen LogP contribution < -0.4 is 10.4 Å². The molecule has 0 amide bonds. The van der Waals surface area contributed by atoms with E-state index in [4.69, 9.17) is 0 Å². The highest BCUT2D eigenvalue weighted by Gasteiger charge is 2.15. The van der Waals surface area contributed by atoms with Crippen molar-refractivity contribution in [2.24, 2.45) is 0 Å². The van der Waals surface area contributed by atoms with Crippen LogP contribution in [0.15, 0.2) is 116 Å². The van der Waals surface area contributed by atoms with Gasteiger partial charge in [-0.25, -0.2) is 0 Å². The van der Waals surface area contributed by atoms with Crippen LogP contribution in [-0.2, 0) is 0 Å². The summed E-state index contributed by atoms with van der Waals surface area (Å²) in [6.45, 7) is 7.72. The van der Waals surface area contributed by atoms with Crippen molar-refractivity contribution in [2.45, 2.75) is 0 Å². The fraction of sp³-hybridized carbons (Fsp3) is 0. The van der Waals surface area contributed by atoms with Crippen LogP contribution in [0.4, 0.5) is 11.4 Å². The molecule has 0 bridgehead atoms. The summed E-state index contributed by atoms with van der Waals surface area (Å²) in [6, 6.07) is 25.6. The Morgan fingerprint density at radius 2 is 1.29 bits per heavy atom. The molecule has 3 rings (SSSR count). The Kier molecular flexibility index (Phi) is 6.27. The first-order valence-electron chi connectivity index (χ1n) is 9.01. The Morgan fingerprint density at radius 3 is 1.79 bits per heavy atom. The van der Waals surface area contributed by atoms with Crippen molar-refractivity contribution in [3.05, 3.63) is 116 Å². The van der Waals surface area contributed by atoms with Crippen LogP contribution in [0.25, 0.3) is 11.1 Å². The van der Waals surface area contributed by atoms with Gasteiger partial charge in [-0.3, -0.25) is 0 Å². The summed E-state index contributed by atoms with van der Waals surface area (Å²) in [5.41, 5.74) is 5.44. The zero-order valence-corrected chi connectivity index (χ0v) is 15.6. The lowest BCUT2D eigenvalue weighted by Gasteiger charge is -2.26. The monoisotopic (exact) mass is 367 g/mol. The number of allylic oxidation sites excluding steroid dienone is 3. The largest absolute Gasteiger partial charge is 0.488 e. The highest BCUT2D eigenvalue weighted by atomic mass is 16.4. The maximum atomic E-state index is 9.35. The number of nitrogens with zero attached hydrogens (tertiary/aromatic N) is 1. The van der Waals surface area contributed by atoms with Gasteiger partial charge in [0.25, 0.3) is 0 Å². The quantitative estimate of drug-likeness (QED) is 0.480. The Balaban J connectivity index is 2.02. The lowest BCUT2D eigenvalue weighted by Crippen LogP contribution is -2.29. The molecule has 0 spiro atoms. The standard InChI is InChI=1S/C24H22BNO2/c1-3-8-22(4-2)26(24-17-13-21(14-18-24)25(27)28)23-15-11-20(12-16-23)19-9-6-5-7-10-19/h3-18,27-28H,1-2H2/b22-8+. The van der Waals surface area contributed by atoms with E-state index < -0.39 is 7.12 Å². The Bertz CT molecular complexity index is 962. The fourth-order valence-corrected chi connectivity index (χ4v) is 3.03. The number of rotatable bonds is 7. The second kappa shape index (κ2) is 9.04. The van der Waals surface area contributed by atoms with Crippen molar-refractivity contribution in [3.63, 3.8) is 0 Å². The minimum absolute atomic E-state index is 0.441. The number of hydrogen-bond acceptors (Lipinski definition) is 3. The highest BCUT2D eigenvalue weighted by Crippen LogP contribution is 2.32. The van der Waals surface area contributed by atoms with Gasteiger partial charge in [0.05, 0.1) is 0 Å². The van der Waals surface area contributed by atoms with E-state index in [2.05, 4.69) is 49.6 Å². The molecule has 3 aromatic rings. The van der Waals surface area contributed by atoms with Gasteiger partial charge in [0.2, 0.25) is 0 Å². The van der Waals surface area contributed by atoms with Crippen LogP contribution in [0.5, 0.6) is 0 Å². The molecule has 0 aliphatic carbocycles. The van der Waals surface area contributed by atoms with Crippen molar-refractivity contribution in [1.29, 1.82) is 0 Å². The van der Waals surface area contributed by atoms with Crippen molar-refractivity contribution in [1.82, 2.24) is 0 Å². The van der Waals surface area contributed by atoms with Gasteiger partial charge in [-0.1, -0.05) is 73.8 Å². The predicted molar refractivity (Wildman–Crippen MR) is 119 cm³/mol. The first kappa shape index (κ1) is 19.4. The number of benzene rings is 3. The van der Waals surface area contributed by atoms with Crippen LogP contribution >= 0.6 is 0 Å². The third-order valence-corrected chi connectivity index (χ3v) is 4.44. The van der Waals surface area contributed by atoms with E-state index >= 15 is 0 Å². The minimum atomic E-state index is -1.49. The molecular weight excluding hydrogens is 345 g/mol. The predicted octanol–water partition coefficient (Wildman–Crippen LogP) is 4.43. The summed E-state index contributed by atoms with van der Waals surface area (Å²) in [6.07, 6.45) is 5.36. The van der Waals surface area contributed by atoms with Gasteiger partial charge in [0.1, 0.15) is 0 Å². The number of anilines is 2. The molecule has 0 aliphatic rings. The van der Waals surface area contributed by atoms with Gasteiger partial charge in [-0.15, -0.1) is 0 Å². The molecule has 0 saturated carbocycles. The molecule has 3 nitrogen and oxygen atoms in total. The van der Waals surface area contributed by atoms with E-state index in [0.717, 1.165) is 28.2 Å². The van der Waals surface area contributed by atoms with E-state index in [0.29, 0.717) is 5.46 Å². The molecule has 0 atom stereocenters. The molecule has 0 aliphatic heterocycles. The molecule has 3 aromatic carbocycles. The summed E-state index contributed by atoms with van der Waals surface area (Å²) in [4.78, 5) is 2.04. The maximum Gasteiger partial charge on any atom is 0.488 e. The molecule has 0 radical (unpaired) electrons. The second-order valence-corrected chi connectivity index (χ2v) is 6.24. The van der Waals surface area contributed by atoms with Crippen molar-refractivity contribution in [3.8, 4) is 11.1 Å². The van der Waals surface area contributed by atoms with Gasteiger partial charge < -0.3 is 14.9 Å². The first-order chi connectivity index (χ1) is 13.6. The average molecular weight is 367 g/mol. The molecule has 2 N–H and O–H groups in total. The normalized spacial score (nSPS) is 11.0. The Morgan fingerprint density at radius 1 is 0.750 bits per heavy atom. The Labute approximate surface area is 166 Å². The third-order valence-electron chi connectivity index (χ3n) is 4.44. The van der Waals surface area contributed by atoms with Gasteiger partial charge in [0, 0.05) is 17.1 Å². The smallest absolute Gasteiger partial charge is 0.423 e. The lowest BCUT2D eigenvalue weighted by molar-refractivity contribution is 0.426. The summed E-state index contributed by atoms with van der Waals surface area (Å²) in [7, 11) is -1.49. The van der Waals surface area contributed by atoms with Crippen LogP contribution in [0.3, 0.4) is 0 Å². The minimum Gasteiger partial charge on any atom is -0.423 e. The van der Waals surface area contributed by atoms with Gasteiger partial charge in [-0.2, -0.15) is 0 Å². The first-order valence-corrected chi connectivity index (χ1v) is 9.01. The SMILES string of the molecule is C=C/C=C(\C=C)N(c1ccc(B(O)O)cc1)c1ccc(-c2ccccc2)cc1. The molecule has 0 aromatic heterocycles. The number of hydrogen-bond donors (Lipinski definition) is 2. The van der Waals surface area contributed by atoms with E-state index in [1.54, 1.807) is 24.3 Å². The van der Waals surface area contributed by atoms with Crippen molar-refractivity contribution in [2.75, 3.05) is 4.90 Å². The Hall–Kier alpha value is -3.34. The van der Waals surface area contributed by atoms with Crippen molar-refractivity contribution >= 4 is 24.0 Å².